The fraction of sp³-hybridized carbons (Fsp3) is 0.200. The van der Waals surface area contributed by atoms with Gasteiger partial charge >= 0.3 is 5.97 Å². The standard InChI is InChI=1S/C20H18ClNO3/c1-3-5-20(23)25-18-9-8-14(11-19(18)24-2)10-16(13-22)15-6-4-7-17(21)12-15/h4,6-12H,3,5H2,1-2H3/b16-10-. The van der Waals surface area contributed by atoms with Gasteiger partial charge in [-0.05, 0) is 47.9 Å². The lowest BCUT2D eigenvalue weighted by Crippen LogP contribution is -2.07. The maximum Gasteiger partial charge on any atom is 0.311 e. The van der Waals surface area contributed by atoms with Gasteiger partial charge in [-0.1, -0.05) is 36.7 Å². The highest BCUT2D eigenvalue weighted by Gasteiger charge is 2.10. The van der Waals surface area contributed by atoms with Crippen LogP contribution in [0.2, 0.25) is 5.02 Å². The van der Waals surface area contributed by atoms with Crippen LogP contribution in [0.3, 0.4) is 0 Å². The summed E-state index contributed by atoms with van der Waals surface area (Å²) in [6.45, 7) is 1.91. The molecule has 0 aromatic heterocycles. The molecule has 0 aliphatic rings. The minimum absolute atomic E-state index is 0.305. The lowest BCUT2D eigenvalue weighted by Gasteiger charge is -2.10. The molecule has 128 valence electrons. The first-order valence-corrected chi connectivity index (χ1v) is 8.21. The van der Waals surface area contributed by atoms with E-state index in [1.165, 1.54) is 7.11 Å². The van der Waals surface area contributed by atoms with Gasteiger partial charge in [-0.15, -0.1) is 0 Å². The first-order valence-electron chi connectivity index (χ1n) is 7.83. The Morgan fingerprint density at radius 3 is 2.68 bits per heavy atom. The van der Waals surface area contributed by atoms with Crippen molar-refractivity contribution in [3.8, 4) is 17.6 Å². The molecule has 25 heavy (non-hydrogen) atoms. The minimum atomic E-state index is -0.305. The van der Waals surface area contributed by atoms with E-state index in [0.29, 0.717) is 34.9 Å². The molecule has 2 aromatic carbocycles. The molecule has 0 aliphatic heterocycles. The Morgan fingerprint density at radius 1 is 1.24 bits per heavy atom. The summed E-state index contributed by atoms with van der Waals surface area (Å²) in [6.07, 6.45) is 2.79. The number of hydrogen-bond acceptors (Lipinski definition) is 4. The molecular formula is C20H18ClNO3. The van der Waals surface area contributed by atoms with Crippen LogP contribution in [-0.4, -0.2) is 13.1 Å². The van der Waals surface area contributed by atoms with Gasteiger partial charge in [0.1, 0.15) is 0 Å². The van der Waals surface area contributed by atoms with Crippen LogP contribution in [0.25, 0.3) is 11.6 Å². The number of esters is 1. The second-order valence-corrected chi connectivity index (χ2v) is 5.75. The number of benzene rings is 2. The van der Waals surface area contributed by atoms with E-state index >= 15 is 0 Å². The van der Waals surface area contributed by atoms with E-state index < -0.39 is 0 Å². The number of hydrogen-bond donors (Lipinski definition) is 0. The zero-order valence-corrected chi connectivity index (χ0v) is 14.8. The molecule has 0 aliphatic carbocycles. The molecule has 0 bridgehead atoms. The summed E-state index contributed by atoms with van der Waals surface area (Å²) in [4.78, 5) is 11.7. The molecule has 5 heteroatoms. The summed E-state index contributed by atoms with van der Waals surface area (Å²) in [5.41, 5.74) is 1.95. The van der Waals surface area contributed by atoms with Gasteiger partial charge in [0.15, 0.2) is 11.5 Å². The minimum Gasteiger partial charge on any atom is -0.493 e. The first-order chi connectivity index (χ1) is 12.1. The van der Waals surface area contributed by atoms with Crippen molar-refractivity contribution in [2.24, 2.45) is 0 Å². The molecule has 0 N–H and O–H groups in total. The van der Waals surface area contributed by atoms with E-state index in [-0.39, 0.29) is 5.97 Å². The summed E-state index contributed by atoms with van der Waals surface area (Å²) in [5, 5.41) is 9.99. The first kappa shape index (κ1) is 18.6. The molecule has 0 saturated carbocycles. The smallest absolute Gasteiger partial charge is 0.311 e. The van der Waals surface area contributed by atoms with Gasteiger partial charge in [0, 0.05) is 11.4 Å². The van der Waals surface area contributed by atoms with Gasteiger partial charge in [0.2, 0.25) is 0 Å². The number of nitriles is 1. The zero-order chi connectivity index (χ0) is 18.2. The number of halogens is 1. The van der Waals surface area contributed by atoms with Gasteiger partial charge in [-0.25, -0.2) is 0 Å². The normalized spacial score (nSPS) is 10.9. The van der Waals surface area contributed by atoms with E-state index in [1.54, 1.807) is 42.5 Å². The van der Waals surface area contributed by atoms with Gasteiger partial charge in [-0.2, -0.15) is 5.26 Å². The molecule has 0 saturated heterocycles. The Balaban J connectivity index is 2.33. The Kier molecular flexibility index (Phi) is 6.62. The maximum absolute atomic E-state index is 11.7. The topological polar surface area (TPSA) is 59.3 Å². The highest BCUT2D eigenvalue weighted by atomic mass is 35.5. The quantitative estimate of drug-likeness (QED) is 0.312. The fourth-order valence-electron chi connectivity index (χ4n) is 2.24. The van der Waals surface area contributed by atoms with Crippen molar-refractivity contribution >= 4 is 29.2 Å². The highest BCUT2D eigenvalue weighted by molar-refractivity contribution is 6.30. The second-order valence-electron chi connectivity index (χ2n) is 5.31. The van der Waals surface area contributed by atoms with Crippen molar-refractivity contribution in [3.05, 3.63) is 58.6 Å². The van der Waals surface area contributed by atoms with Crippen molar-refractivity contribution in [3.63, 3.8) is 0 Å². The third-order valence-electron chi connectivity index (χ3n) is 3.43. The molecule has 0 atom stereocenters. The van der Waals surface area contributed by atoms with Crippen molar-refractivity contribution in [1.29, 1.82) is 5.26 Å². The van der Waals surface area contributed by atoms with Crippen LogP contribution < -0.4 is 9.47 Å². The Morgan fingerprint density at radius 2 is 2.04 bits per heavy atom. The number of allylic oxidation sites excluding steroid dienone is 1. The predicted molar refractivity (Wildman–Crippen MR) is 98.5 cm³/mol. The fourth-order valence-corrected chi connectivity index (χ4v) is 2.43. The molecule has 0 heterocycles. The van der Waals surface area contributed by atoms with Gasteiger partial charge in [-0.3, -0.25) is 4.79 Å². The Labute approximate surface area is 152 Å². The van der Waals surface area contributed by atoms with Crippen LogP contribution in [-0.2, 0) is 4.79 Å². The van der Waals surface area contributed by atoms with E-state index in [1.807, 2.05) is 13.0 Å². The van der Waals surface area contributed by atoms with E-state index in [9.17, 15) is 10.1 Å². The van der Waals surface area contributed by atoms with Crippen LogP contribution >= 0.6 is 11.6 Å². The number of carbonyl (C=O) groups excluding carboxylic acids is 1. The SMILES string of the molecule is CCCC(=O)Oc1ccc(/C=C(/C#N)c2cccc(Cl)c2)cc1OC. The summed E-state index contributed by atoms with van der Waals surface area (Å²) < 4.78 is 10.6. The van der Waals surface area contributed by atoms with E-state index in [2.05, 4.69) is 6.07 Å². The van der Waals surface area contributed by atoms with Crippen LogP contribution in [0.15, 0.2) is 42.5 Å². The second kappa shape index (κ2) is 8.91. The molecule has 0 spiro atoms. The van der Waals surface area contributed by atoms with E-state index in [0.717, 1.165) is 11.1 Å². The molecule has 2 rings (SSSR count). The third kappa shape index (κ3) is 5.10. The van der Waals surface area contributed by atoms with Crippen molar-refractivity contribution in [1.82, 2.24) is 0 Å². The number of nitrogens with zero attached hydrogens (tertiary/aromatic N) is 1. The van der Waals surface area contributed by atoms with Crippen LogP contribution in [0.1, 0.15) is 30.9 Å². The van der Waals surface area contributed by atoms with Crippen LogP contribution in [0, 0.1) is 11.3 Å². The lowest BCUT2D eigenvalue weighted by atomic mass is 10.0. The largest absolute Gasteiger partial charge is 0.493 e. The summed E-state index contributed by atoms with van der Waals surface area (Å²) >= 11 is 5.99. The number of carbonyl (C=O) groups is 1. The lowest BCUT2D eigenvalue weighted by molar-refractivity contribution is -0.134. The molecule has 0 unspecified atom stereocenters. The molecule has 0 radical (unpaired) electrons. The number of methoxy groups -OCH3 is 1. The predicted octanol–water partition coefficient (Wildman–Crippen LogP) is 5.12. The third-order valence-corrected chi connectivity index (χ3v) is 3.67. The average Bonchev–Trinajstić information content (AvgIpc) is 2.60. The van der Waals surface area contributed by atoms with Gasteiger partial charge in [0.05, 0.1) is 18.8 Å². The van der Waals surface area contributed by atoms with E-state index in [4.69, 9.17) is 21.1 Å². The molecular weight excluding hydrogens is 338 g/mol. The monoisotopic (exact) mass is 355 g/mol. The summed E-state index contributed by atoms with van der Waals surface area (Å²) in [5.74, 6) is 0.488. The van der Waals surface area contributed by atoms with Gasteiger partial charge < -0.3 is 9.47 Å². The Bertz CT molecular complexity index is 837. The maximum atomic E-state index is 11.7. The molecule has 0 amide bonds. The summed E-state index contributed by atoms with van der Waals surface area (Å²) in [7, 11) is 1.50. The van der Waals surface area contributed by atoms with Crippen LogP contribution in [0.4, 0.5) is 0 Å². The van der Waals surface area contributed by atoms with Gasteiger partial charge in [0.25, 0.3) is 0 Å². The molecule has 4 nitrogen and oxygen atoms in total. The molecule has 0 fully saturated rings. The van der Waals surface area contributed by atoms with Crippen LogP contribution in [0.5, 0.6) is 11.5 Å². The summed E-state index contributed by atoms with van der Waals surface area (Å²) in [6, 6.07) is 14.4. The van der Waals surface area contributed by atoms with Crippen molar-refractivity contribution in [2.45, 2.75) is 19.8 Å². The van der Waals surface area contributed by atoms with Crippen molar-refractivity contribution < 1.29 is 14.3 Å². The number of ether oxygens (including phenoxy) is 2. The number of rotatable bonds is 6. The zero-order valence-electron chi connectivity index (χ0n) is 14.1. The van der Waals surface area contributed by atoms with Crippen molar-refractivity contribution in [2.75, 3.05) is 7.11 Å². The highest BCUT2D eigenvalue weighted by Crippen LogP contribution is 2.30. The Hall–Kier alpha value is -2.77. The average molecular weight is 356 g/mol. The molecule has 2 aromatic rings.